The van der Waals surface area contributed by atoms with E-state index in [2.05, 4.69) is 109 Å². The summed E-state index contributed by atoms with van der Waals surface area (Å²) in [5.41, 5.74) is 7.70. The maximum Gasteiger partial charge on any atom is 0.156 e. The van der Waals surface area contributed by atoms with E-state index in [0.29, 0.717) is 5.84 Å². The predicted octanol–water partition coefficient (Wildman–Crippen LogP) is 12.4. The molecule has 52 heavy (non-hydrogen) atoms. The Morgan fingerprint density at radius 3 is 2.04 bits per heavy atom. The molecule has 0 N–H and O–H groups in total. The Hall–Kier alpha value is -6.59. The Morgan fingerprint density at radius 1 is 0.558 bits per heavy atom. The van der Waals surface area contributed by atoms with Crippen molar-refractivity contribution in [3.05, 3.63) is 163 Å². The Labute approximate surface area is 298 Å². The summed E-state index contributed by atoms with van der Waals surface area (Å²) < 4.78 is 12.7. The van der Waals surface area contributed by atoms with Crippen LogP contribution in [0.15, 0.2) is 165 Å². The number of furan rings is 2. The van der Waals surface area contributed by atoms with Gasteiger partial charge < -0.3 is 8.83 Å². The molecule has 5 heteroatoms. The highest BCUT2D eigenvalue weighted by atomic mass is 16.3. The molecule has 0 saturated carbocycles. The average Bonchev–Trinajstić information content (AvgIpc) is 3.78. The molecule has 7 aromatic carbocycles. The van der Waals surface area contributed by atoms with Crippen LogP contribution >= 0.6 is 0 Å². The molecule has 0 fully saturated rings. The molecule has 1 aliphatic rings. The van der Waals surface area contributed by atoms with Crippen LogP contribution in [0.2, 0.25) is 0 Å². The first-order valence-corrected chi connectivity index (χ1v) is 17.9. The molecule has 0 amide bonds. The average molecular weight is 670 g/mol. The molecule has 2 atom stereocenters. The molecule has 2 unspecified atom stereocenters. The molecule has 246 valence electrons. The first kappa shape index (κ1) is 29.2. The summed E-state index contributed by atoms with van der Waals surface area (Å²) in [6.45, 7) is 2.25. The second-order valence-electron chi connectivity index (χ2n) is 13.8. The van der Waals surface area contributed by atoms with Gasteiger partial charge in [0.05, 0.1) is 11.8 Å². The highest BCUT2D eigenvalue weighted by Crippen LogP contribution is 2.43. The largest absolute Gasteiger partial charge is 0.456 e. The third kappa shape index (κ3) is 4.26. The summed E-state index contributed by atoms with van der Waals surface area (Å²) in [5.74, 6) is 0.733. The number of nitrogens with zero attached hydrogens (tertiary/aromatic N) is 3. The van der Waals surface area contributed by atoms with Gasteiger partial charge in [-0.3, -0.25) is 9.98 Å². The summed E-state index contributed by atoms with van der Waals surface area (Å²) in [6.07, 6.45) is 4.68. The lowest BCUT2D eigenvalue weighted by Gasteiger charge is -2.30. The number of aliphatic imine (C=N–C) groups is 2. The Balaban J connectivity index is 1.17. The minimum absolute atomic E-state index is 0.0214. The van der Waals surface area contributed by atoms with Gasteiger partial charge in [-0.25, -0.2) is 4.99 Å². The zero-order valence-corrected chi connectivity index (χ0v) is 28.4. The molecular formula is C47H31N3O2. The van der Waals surface area contributed by atoms with Crippen LogP contribution in [0.5, 0.6) is 0 Å². The molecule has 3 aromatic heterocycles. The van der Waals surface area contributed by atoms with E-state index in [-0.39, 0.29) is 12.0 Å². The minimum atomic E-state index is -0.200. The molecular weight excluding hydrogens is 639 g/mol. The van der Waals surface area contributed by atoms with E-state index in [1.165, 1.54) is 26.9 Å². The van der Waals surface area contributed by atoms with Gasteiger partial charge in [-0.1, -0.05) is 104 Å². The van der Waals surface area contributed by atoms with E-state index in [9.17, 15) is 0 Å². The lowest BCUT2D eigenvalue weighted by Crippen LogP contribution is -2.28. The number of para-hydroxylation sites is 2. The number of amidine groups is 1. The molecule has 0 saturated heterocycles. The molecule has 0 bridgehead atoms. The Kier molecular flexibility index (Phi) is 6.29. The van der Waals surface area contributed by atoms with E-state index >= 15 is 0 Å². The van der Waals surface area contributed by atoms with Crippen LogP contribution in [0.4, 0.5) is 0 Å². The van der Waals surface area contributed by atoms with Crippen molar-refractivity contribution in [1.29, 1.82) is 0 Å². The Morgan fingerprint density at radius 2 is 1.23 bits per heavy atom. The van der Waals surface area contributed by atoms with Crippen molar-refractivity contribution in [2.75, 3.05) is 0 Å². The van der Waals surface area contributed by atoms with Gasteiger partial charge in [-0.05, 0) is 80.9 Å². The van der Waals surface area contributed by atoms with E-state index in [4.69, 9.17) is 18.8 Å². The van der Waals surface area contributed by atoms with Crippen LogP contribution < -0.4 is 0 Å². The van der Waals surface area contributed by atoms with Gasteiger partial charge in [0.25, 0.3) is 0 Å². The van der Waals surface area contributed by atoms with Gasteiger partial charge in [0.15, 0.2) is 5.84 Å². The van der Waals surface area contributed by atoms with E-state index in [1.54, 1.807) is 0 Å². The zero-order chi connectivity index (χ0) is 34.3. The summed E-state index contributed by atoms with van der Waals surface area (Å²) in [6, 6.07) is 46.7. The molecule has 5 nitrogen and oxygen atoms in total. The van der Waals surface area contributed by atoms with Gasteiger partial charge >= 0.3 is 0 Å². The van der Waals surface area contributed by atoms with Crippen molar-refractivity contribution in [1.82, 2.24) is 4.98 Å². The topological polar surface area (TPSA) is 63.9 Å². The van der Waals surface area contributed by atoms with E-state index in [0.717, 1.165) is 78.1 Å². The maximum absolute atomic E-state index is 6.39. The number of benzene rings is 7. The Bertz CT molecular complexity index is 3150. The lowest BCUT2D eigenvalue weighted by molar-refractivity contribution is 0.535. The van der Waals surface area contributed by atoms with Gasteiger partial charge in [0.2, 0.25) is 0 Å². The smallest absolute Gasteiger partial charge is 0.156 e. The van der Waals surface area contributed by atoms with Gasteiger partial charge in [0.1, 0.15) is 22.3 Å². The summed E-state index contributed by atoms with van der Waals surface area (Å²) in [5, 5.41) is 11.5. The zero-order valence-electron chi connectivity index (χ0n) is 28.4. The van der Waals surface area contributed by atoms with Crippen molar-refractivity contribution in [3.63, 3.8) is 0 Å². The normalized spacial score (nSPS) is 16.5. The quantitative estimate of drug-likeness (QED) is 0.175. The van der Waals surface area contributed by atoms with Crippen molar-refractivity contribution < 1.29 is 8.83 Å². The number of pyridine rings is 1. The molecule has 0 spiro atoms. The summed E-state index contributed by atoms with van der Waals surface area (Å²) in [4.78, 5) is 15.5. The SMILES string of the molecule is CCC1C(c2ccc3c(ccc4ccc5cnccc5c43)c2)=NC(c2cccc3oc4ccccc4c23)=NC1c1cccc2oc3ccccc3c12. The molecule has 10 aromatic rings. The molecule has 1 aliphatic heterocycles. The predicted molar refractivity (Wildman–Crippen MR) is 214 cm³/mol. The first-order valence-electron chi connectivity index (χ1n) is 17.9. The molecule has 0 radical (unpaired) electrons. The standard InChI is InChI=1S/C47H31N3O2/c1-2-31-45(29-21-22-32-28(25-29)19-17-27-18-20-30-26-48-24-23-33(30)42(27)32)49-47(37-12-8-16-41-44(37)35-10-4-6-14-39(35)52-41)50-46(31)36-11-7-15-40-43(36)34-9-3-5-13-38(34)51-40/h3-26,31,46H,2H2,1H3. The van der Waals surface area contributed by atoms with Crippen LogP contribution in [0.25, 0.3) is 76.2 Å². The van der Waals surface area contributed by atoms with Crippen molar-refractivity contribution in [3.8, 4) is 0 Å². The second-order valence-corrected chi connectivity index (χ2v) is 13.8. The van der Waals surface area contributed by atoms with Crippen molar-refractivity contribution in [2.24, 2.45) is 15.9 Å². The number of fused-ring (bicyclic) bond motifs is 11. The minimum Gasteiger partial charge on any atom is -0.456 e. The van der Waals surface area contributed by atoms with Crippen LogP contribution in [0, 0.1) is 5.92 Å². The van der Waals surface area contributed by atoms with Gasteiger partial charge in [0, 0.05) is 50.8 Å². The lowest BCUT2D eigenvalue weighted by atomic mass is 9.81. The summed E-state index contributed by atoms with van der Waals surface area (Å²) >= 11 is 0. The number of aromatic nitrogens is 1. The van der Waals surface area contributed by atoms with Crippen LogP contribution in [-0.2, 0) is 0 Å². The highest BCUT2D eigenvalue weighted by molar-refractivity contribution is 6.24. The fourth-order valence-electron chi connectivity index (χ4n) is 8.61. The van der Waals surface area contributed by atoms with Gasteiger partial charge in [-0.15, -0.1) is 0 Å². The van der Waals surface area contributed by atoms with Crippen LogP contribution in [-0.4, -0.2) is 16.5 Å². The van der Waals surface area contributed by atoms with Crippen molar-refractivity contribution in [2.45, 2.75) is 19.4 Å². The number of hydrogen-bond donors (Lipinski definition) is 0. The second kappa shape index (κ2) is 11.2. The monoisotopic (exact) mass is 669 g/mol. The first-order chi connectivity index (χ1) is 25.7. The van der Waals surface area contributed by atoms with Crippen LogP contribution in [0.1, 0.15) is 36.1 Å². The number of rotatable bonds is 4. The van der Waals surface area contributed by atoms with Gasteiger partial charge in [-0.2, -0.15) is 0 Å². The fourth-order valence-corrected chi connectivity index (χ4v) is 8.61. The van der Waals surface area contributed by atoms with Crippen molar-refractivity contribution >= 4 is 87.7 Å². The van der Waals surface area contributed by atoms with E-state index in [1.807, 2.05) is 48.8 Å². The third-order valence-electron chi connectivity index (χ3n) is 11.0. The van der Waals surface area contributed by atoms with Crippen LogP contribution in [0.3, 0.4) is 0 Å². The maximum atomic E-state index is 6.39. The highest BCUT2D eigenvalue weighted by Gasteiger charge is 2.34. The fraction of sp³-hybridized carbons (Fsp3) is 0.0851. The molecule has 0 aliphatic carbocycles. The summed E-state index contributed by atoms with van der Waals surface area (Å²) in [7, 11) is 0. The molecule has 4 heterocycles. The van der Waals surface area contributed by atoms with E-state index < -0.39 is 0 Å². The third-order valence-corrected chi connectivity index (χ3v) is 11.0. The number of hydrogen-bond acceptors (Lipinski definition) is 5. The molecule has 11 rings (SSSR count).